The van der Waals surface area contributed by atoms with E-state index < -0.39 is 0 Å². The van der Waals surface area contributed by atoms with Gasteiger partial charge in [-0.05, 0) is 49.1 Å². The van der Waals surface area contributed by atoms with Crippen LogP contribution in [0.2, 0.25) is 0 Å². The molecule has 3 atom stereocenters. The van der Waals surface area contributed by atoms with Crippen molar-refractivity contribution in [1.29, 1.82) is 0 Å². The number of nitrogens with zero attached hydrogens (tertiary/aromatic N) is 1. The van der Waals surface area contributed by atoms with E-state index in [4.69, 9.17) is 5.73 Å². The number of hydrogen-bond acceptors (Lipinski definition) is 4. The molecule has 2 aromatic rings. The van der Waals surface area contributed by atoms with Crippen LogP contribution in [0.15, 0.2) is 18.3 Å². The monoisotopic (exact) mass is 301 g/mol. The first-order chi connectivity index (χ1) is 10.2. The molecule has 2 fully saturated rings. The van der Waals surface area contributed by atoms with Crippen LogP contribution in [0.25, 0.3) is 10.2 Å². The Bertz CT molecular complexity index is 696. The van der Waals surface area contributed by atoms with E-state index in [1.807, 2.05) is 12.1 Å². The number of nitrogens with two attached hydrogens (primary N) is 1. The summed E-state index contributed by atoms with van der Waals surface area (Å²) in [5.41, 5.74) is 6.66. The number of carbonyl (C=O) groups excluding carboxylic acids is 1. The molecule has 4 rings (SSSR count). The second kappa shape index (κ2) is 4.98. The number of thiophene rings is 1. The average Bonchev–Trinajstić information content (AvgIpc) is 3.20. The molecule has 2 aromatic heterocycles. The fourth-order valence-corrected chi connectivity index (χ4v) is 5.03. The molecule has 4 nitrogen and oxygen atoms in total. The summed E-state index contributed by atoms with van der Waals surface area (Å²) in [6.45, 7) is 0.793. The molecule has 0 saturated heterocycles. The van der Waals surface area contributed by atoms with Crippen LogP contribution in [0.5, 0.6) is 0 Å². The van der Waals surface area contributed by atoms with E-state index in [2.05, 4.69) is 10.3 Å². The maximum Gasteiger partial charge on any atom is 0.263 e. The Balaban J connectivity index is 1.47. The summed E-state index contributed by atoms with van der Waals surface area (Å²) < 4.78 is 0. The number of carbonyl (C=O) groups is 1. The summed E-state index contributed by atoms with van der Waals surface area (Å²) in [5.74, 6) is 2.37. The Hall–Kier alpha value is -1.62. The van der Waals surface area contributed by atoms with E-state index in [9.17, 15) is 4.79 Å². The van der Waals surface area contributed by atoms with Gasteiger partial charge in [0, 0.05) is 18.1 Å². The van der Waals surface area contributed by atoms with Crippen LogP contribution in [0.4, 0.5) is 5.69 Å². The SMILES string of the molecule is Nc1c(C(=O)NCC2CC3CCC2C3)sc2ncccc12. The Morgan fingerprint density at radius 2 is 2.33 bits per heavy atom. The number of fused-ring (bicyclic) bond motifs is 3. The number of hydrogen-bond donors (Lipinski definition) is 2. The predicted octanol–water partition coefficient (Wildman–Crippen LogP) is 3.04. The van der Waals surface area contributed by atoms with Gasteiger partial charge in [-0.25, -0.2) is 4.98 Å². The van der Waals surface area contributed by atoms with Gasteiger partial charge in [0.15, 0.2) is 0 Å². The molecule has 0 spiro atoms. The van der Waals surface area contributed by atoms with E-state index in [0.29, 0.717) is 16.5 Å². The Morgan fingerprint density at radius 3 is 3.05 bits per heavy atom. The zero-order valence-corrected chi connectivity index (χ0v) is 12.7. The highest BCUT2D eigenvalue weighted by atomic mass is 32.1. The lowest BCUT2D eigenvalue weighted by Crippen LogP contribution is -2.31. The van der Waals surface area contributed by atoms with Crippen LogP contribution >= 0.6 is 11.3 Å². The molecule has 3 unspecified atom stereocenters. The number of nitrogens with one attached hydrogen (secondary N) is 1. The fourth-order valence-electron chi connectivity index (χ4n) is 4.05. The summed E-state index contributed by atoms with van der Waals surface area (Å²) in [6.07, 6.45) is 7.13. The van der Waals surface area contributed by atoms with Crippen molar-refractivity contribution in [3.63, 3.8) is 0 Å². The third-order valence-electron chi connectivity index (χ3n) is 5.12. The number of rotatable bonds is 3. The fraction of sp³-hybridized carbons (Fsp3) is 0.500. The molecule has 0 radical (unpaired) electrons. The summed E-state index contributed by atoms with van der Waals surface area (Å²) in [6, 6.07) is 3.77. The Morgan fingerprint density at radius 1 is 1.43 bits per heavy atom. The van der Waals surface area contributed by atoms with Crippen LogP contribution in [-0.4, -0.2) is 17.4 Å². The second-order valence-electron chi connectivity index (χ2n) is 6.35. The molecule has 21 heavy (non-hydrogen) atoms. The summed E-state index contributed by atoms with van der Waals surface area (Å²) >= 11 is 1.38. The molecular weight excluding hydrogens is 282 g/mol. The number of pyridine rings is 1. The first-order valence-corrected chi connectivity index (χ1v) is 8.45. The first kappa shape index (κ1) is 13.1. The van der Waals surface area contributed by atoms with Gasteiger partial charge >= 0.3 is 0 Å². The third-order valence-corrected chi connectivity index (χ3v) is 6.25. The van der Waals surface area contributed by atoms with Gasteiger partial charge in [-0.15, -0.1) is 11.3 Å². The molecule has 2 aliphatic carbocycles. The standard InChI is InChI=1S/C16H19N3OS/c17-13-12-2-1-5-18-16(12)21-14(13)15(20)19-8-11-7-9-3-4-10(11)6-9/h1-2,5,9-11H,3-4,6-8,17H2,(H,19,20). The van der Waals surface area contributed by atoms with Crippen molar-refractivity contribution in [1.82, 2.24) is 10.3 Å². The van der Waals surface area contributed by atoms with Gasteiger partial charge in [0.2, 0.25) is 0 Å². The Labute approximate surface area is 127 Å². The highest BCUT2D eigenvalue weighted by Gasteiger charge is 2.39. The van der Waals surface area contributed by atoms with Gasteiger partial charge in [0.1, 0.15) is 9.71 Å². The topological polar surface area (TPSA) is 68.0 Å². The molecule has 2 aliphatic rings. The number of nitrogen functional groups attached to an aromatic ring is 1. The van der Waals surface area contributed by atoms with Gasteiger partial charge < -0.3 is 11.1 Å². The maximum absolute atomic E-state index is 12.4. The van der Waals surface area contributed by atoms with Crippen LogP contribution in [0, 0.1) is 17.8 Å². The minimum absolute atomic E-state index is 0.0433. The lowest BCUT2D eigenvalue weighted by atomic mass is 9.89. The van der Waals surface area contributed by atoms with Crippen LogP contribution in [-0.2, 0) is 0 Å². The second-order valence-corrected chi connectivity index (χ2v) is 7.35. The average molecular weight is 301 g/mol. The summed E-state index contributed by atoms with van der Waals surface area (Å²) in [4.78, 5) is 18.1. The molecular formula is C16H19N3OS. The molecule has 110 valence electrons. The number of amides is 1. The van der Waals surface area contributed by atoms with Gasteiger partial charge in [0.05, 0.1) is 5.69 Å². The summed E-state index contributed by atoms with van der Waals surface area (Å²) in [7, 11) is 0. The Kier molecular flexibility index (Phi) is 3.10. The van der Waals surface area contributed by atoms with Crippen LogP contribution in [0.3, 0.4) is 0 Å². The highest BCUT2D eigenvalue weighted by Crippen LogP contribution is 2.48. The molecule has 5 heteroatoms. The predicted molar refractivity (Wildman–Crippen MR) is 85.3 cm³/mol. The van der Waals surface area contributed by atoms with Crippen molar-refractivity contribution >= 4 is 33.1 Å². The summed E-state index contributed by atoms with van der Waals surface area (Å²) in [5, 5.41) is 3.97. The van der Waals surface area contributed by atoms with E-state index in [1.165, 1.54) is 37.0 Å². The first-order valence-electron chi connectivity index (χ1n) is 7.63. The van der Waals surface area contributed by atoms with Crippen molar-refractivity contribution in [2.45, 2.75) is 25.7 Å². The van der Waals surface area contributed by atoms with Crippen molar-refractivity contribution in [2.75, 3.05) is 12.3 Å². The third kappa shape index (κ3) is 2.20. The molecule has 2 bridgehead atoms. The minimum atomic E-state index is -0.0433. The van der Waals surface area contributed by atoms with Crippen molar-refractivity contribution in [3.8, 4) is 0 Å². The van der Waals surface area contributed by atoms with Gasteiger partial charge in [0.25, 0.3) is 5.91 Å². The van der Waals surface area contributed by atoms with Crippen molar-refractivity contribution in [2.24, 2.45) is 17.8 Å². The lowest BCUT2D eigenvalue weighted by Gasteiger charge is -2.21. The number of aromatic nitrogens is 1. The molecule has 3 N–H and O–H groups in total. The zero-order valence-electron chi connectivity index (χ0n) is 11.8. The van der Waals surface area contributed by atoms with E-state index in [-0.39, 0.29) is 5.91 Å². The van der Waals surface area contributed by atoms with Crippen LogP contribution in [0.1, 0.15) is 35.4 Å². The van der Waals surface area contributed by atoms with Gasteiger partial charge in [-0.1, -0.05) is 6.42 Å². The minimum Gasteiger partial charge on any atom is -0.397 e. The largest absolute Gasteiger partial charge is 0.397 e. The molecule has 0 aliphatic heterocycles. The van der Waals surface area contributed by atoms with Gasteiger partial charge in [-0.2, -0.15) is 0 Å². The van der Waals surface area contributed by atoms with Crippen molar-refractivity contribution < 1.29 is 4.79 Å². The van der Waals surface area contributed by atoms with Crippen LogP contribution < -0.4 is 11.1 Å². The highest BCUT2D eigenvalue weighted by molar-refractivity contribution is 7.21. The smallest absolute Gasteiger partial charge is 0.263 e. The van der Waals surface area contributed by atoms with Gasteiger partial charge in [-0.3, -0.25) is 4.79 Å². The van der Waals surface area contributed by atoms with E-state index in [1.54, 1.807) is 6.20 Å². The van der Waals surface area contributed by atoms with E-state index >= 15 is 0 Å². The maximum atomic E-state index is 12.4. The normalized spacial score (nSPS) is 27.3. The van der Waals surface area contributed by atoms with Crippen molar-refractivity contribution in [3.05, 3.63) is 23.2 Å². The lowest BCUT2D eigenvalue weighted by molar-refractivity contribution is 0.0946. The zero-order chi connectivity index (χ0) is 14.4. The number of anilines is 1. The van der Waals surface area contributed by atoms with E-state index in [0.717, 1.165) is 28.6 Å². The molecule has 0 aromatic carbocycles. The molecule has 2 saturated carbocycles. The molecule has 2 heterocycles. The molecule has 1 amide bonds. The quantitative estimate of drug-likeness (QED) is 0.915.